The van der Waals surface area contributed by atoms with Crippen molar-refractivity contribution < 1.29 is 19.0 Å². The third-order valence-electron chi connectivity index (χ3n) is 5.27. The van der Waals surface area contributed by atoms with E-state index in [0.717, 1.165) is 45.9 Å². The Morgan fingerprint density at radius 2 is 2.06 bits per heavy atom. The highest BCUT2D eigenvalue weighted by Gasteiger charge is 2.21. The molecule has 2 heterocycles. The average Bonchev–Trinajstić information content (AvgIpc) is 3.20. The van der Waals surface area contributed by atoms with Crippen LogP contribution < -0.4 is 19.5 Å². The minimum absolute atomic E-state index is 0.161. The van der Waals surface area contributed by atoms with Crippen molar-refractivity contribution in [3.63, 3.8) is 0 Å². The number of pyridine rings is 1. The van der Waals surface area contributed by atoms with Gasteiger partial charge in [0.1, 0.15) is 30.0 Å². The van der Waals surface area contributed by atoms with Gasteiger partial charge < -0.3 is 19.5 Å². The van der Waals surface area contributed by atoms with Crippen molar-refractivity contribution in [1.82, 2.24) is 10.3 Å². The van der Waals surface area contributed by atoms with Gasteiger partial charge in [0.05, 0.1) is 6.61 Å². The van der Waals surface area contributed by atoms with E-state index in [1.165, 1.54) is 6.08 Å². The van der Waals surface area contributed by atoms with Gasteiger partial charge in [-0.05, 0) is 55.8 Å². The number of nitrogens with one attached hydrogen (secondary N) is 1. The average molecular weight is 445 g/mol. The summed E-state index contributed by atoms with van der Waals surface area (Å²) in [4.78, 5) is 16.4. The summed E-state index contributed by atoms with van der Waals surface area (Å²) in [5, 5.41) is 2.93. The molecule has 2 aromatic carbocycles. The molecule has 6 nitrogen and oxygen atoms in total. The number of amides is 1. The van der Waals surface area contributed by atoms with Gasteiger partial charge in [0.15, 0.2) is 0 Å². The topological polar surface area (TPSA) is 69.7 Å². The zero-order valence-corrected chi connectivity index (χ0v) is 18.9. The highest BCUT2D eigenvalue weighted by atomic mass is 16.5. The Hall–Kier alpha value is -3.80. The number of benzene rings is 2. The molecule has 6 heteroatoms. The smallest absolute Gasteiger partial charge is 0.244 e. The molecule has 0 aliphatic carbocycles. The van der Waals surface area contributed by atoms with Crippen LogP contribution in [0, 0.1) is 0 Å². The van der Waals surface area contributed by atoms with Gasteiger partial charge in [0.25, 0.3) is 0 Å². The Balaban J connectivity index is 1.31. The lowest BCUT2D eigenvalue weighted by atomic mass is 10.1. The Kier molecular flexibility index (Phi) is 7.25. The Morgan fingerprint density at radius 1 is 1.21 bits per heavy atom. The second-order valence-electron chi connectivity index (χ2n) is 7.90. The molecule has 1 atom stereocenters. The van der Waals surface area contributed by atoms with Crippen molar-refractivity contribution in [2.24, 2.45) is 0 Å². The van der Waals surface area contributed by atoms with E-state index < -0.39 is 0 Å². The lowest BCUT2D eigenvalue weighted by molar-refractivity contribution is -0.116. The summed E-state index contributed by atoms with van der Waals surface area (Å²) in [6.07, 6.45) is 7.85. The van der Waals surface area contributed by atoms with Crippen LogP contribution in [0.1, 0.15) is 36.1 Å². The highest BCUT2D eigenvalue weighted by Crippen LogP contribution is 2.35. The molecule has 0 radical (unpaired) electrons. The molecular formula is C27H28N2O4. The summed E-state index contributed by atoms with van der Waals surface area (Å²) in [5.41, 5.74) is 3.97. The molecule has 0 spiro atoms. The number of hydrogen-bond acceptors (Lipinski definition) is 5. The minimum atomic E-state index is -0.177. The van der Waals surface area contributed by atoms with Crippen molar-refractivity contribution in [2.75, 3.05) is 6.61 Å². The van der Waals surface area contributed by atoms with Crippen molar-refractivity contribution in [1.29, 1.82) is 0 Å². The van der Waals surface area contributed by atoms with E-state index in [9.17, 15) is 4.79 Å². The van der Waals surface area contributed by atoms with E-state index in [2.05, 4.69) is 10.3 Å². The standard InChI is InChI=1S/C27H28N2O4/c1-3-31-25-14-22-13-19(2)33-26(22)15-23(25)17-29-27(30)11-8-20-6-9-24(10-7-20)32-18-21-5-4-12-28-16-21/h4-12,14-16,19H,3,13,17-18H2,1-2H3,(H,29,30). The third kappa shape index (κ3) is 6.13. The number of carbonyl (C=O) groups excluding carboxylic acids is 1. The number of carbonyl (C=O) groups is 1. The van der Waals surface area contributed by atoms with Crippen LogP contribution in [0.5, 0.6) is 17.2 Å². The molecule has 1 aromatic heterocycles. The van der Waals surface area contributed by atoms with Crippen LogP contribution in [0.15, 0.2) is 67.0 Å². The fourth-order valence-corrected chi connectivity index (χ4v) is 3.65. The van der Waals surface area contributed by atoms with Gasteiger partial charge in [0, 0.05) is 48.1 Å². The lowest BCUT2D eigenvalue weighted by Crippen LogP contribution is -2.20. The van der Waals surface area contributed by atoms with Gasteiger partial charge >= 0.3 is 0 Å². The third-order valence-corrected chi connectivity index (χ3v) is 5.27. The first-order valence-corrected chi connectivity index (χ1v) is 11.1. The van der Waals surface area contributed by atoms with Crippen molar-refractivity contribution in [2.45, 2.75) is 39.5 Å². The first-order valence-electron chi connectivity index (χ1n) is 11.1. The summed E-state index contributed by atoms with van der Waals surface area (Å²) in [5.74, 6) is 2.25. The number of aromatic nitrogens is 1. The van der Waals surface area contributed by atoms with Gasteiger partial charge in [-0.3, -0.25) is 9.78 Å². The van der Waals surface area contributed by atoms with Gasteiger partial charge in [0.2, 0.25) is 5.91 Å². The number of rotatable bonds is 9. The zero-order chi connectivity index (χ0) is 23.0. The van der Waals surface area contributed by atoms with E-state index in [-0.39, 0.29) is 12.0 Å². The SMILES string of the molecule is CCOc1cc2c(cc1CNC(=O)C=Cc1ccc(OCc3cccnc3)cc1)OC(C)C2. The monoisotopic (exact) mass is 444 g/mol. The molecule has 1 aliphatic rings. The van der Waals surface area contributed by atoms with Crippen molar-refractivity contribution in [3.05, 3.63) is 89.3 Å². The quantitative estimate of drug-likeness (QED) is 0.484. The molecule has 33 heavy (non-hydrogen) atoms. The van der Waals surface area contributed by atoms with Crippen LogP contribution in [-0.2, 0) is 24.4 Å². The molecule has 0 saturated carbocycles. The number of ether oxygens (including phenoxy) is 3. The lowest BCUT2D eigenvalue weighted by Gasteiger charge is -2.13. The Labute approximate surface area is 194 Å². The Morgan fingerprint density at radius 3 is 2.82 bits per heavy atom. The number of nitrogens with zero attached hydrogens (tertiary/aromatic N) is 1. The number of hydrogen-bond donors (Lipinski definition) is 1. The van der Waals surface area contributed by atoms with E-state index in [0.29, 0.717) is 19.8 Å². The summed E-state index contributed by atoms with van der Waals surface area (Å²) in [7, 11) is 0. The second kappa shape index (κ2) is 10.7. The first kappa shape index (κ1) is 22.4. The van der Waals surface area contributed by atoms with Crippen LogP contribution in [0.2, 0.25) is 0 Å². The molecule has 1 aliphatic heterocycles. The predicted octanol–water partition coefficient (Wildman–Crippen LogP) is 4.71. The molecule has 4 rings (SSSR count). The summed E-state index contributed by atoms with van der Waals surface area (Å²) < 4.78 is 17.4. The largest absolute Gasteiger partial charge is 0.494 e. The maximum atomic E-state index is 12.4. The van der Waals surface area contributed by atoms with Crippen LogP contribution in [0.4, 0.5) is 0 Å². The molecule has 0 saturated heterocycles. The molecule has 3 aromatic rings. The zero-order valence-electron chi connectivity index (χ0n) is 18.9. The highest BCUT2D eigenvalue weighted by molar-refractivity contribution is 5.91. The normalized spacial score (nSPS) is 14.5. The first-order chi connectivity index (χ1) is 16.1. The van der Waals surface area contributed by atoms with Crippen molar-refractivity contribution >= 4 is 12.0 Å². The van der Waals surface area contributed by atoms with Gasteiger partial charge in [-0.2, -0.15) is 0 Å². The fraction of sp³-hybridized carbons (Fsp3) is 0.259. The van der Waals surface area contributed by atoms with Crippen molar-refractivity contribution in [3.8, 4) is 17.2 Å². The predicted molar refractivity (Wildman–Crippen MR) is 127 cm³/mol. The number of fused-ring (bicyclic) bond motifs is 1. The molecular weight excluding hydrogens is 416 g/mol. The Bertz CT molecular complexity index is 1110. The molecule has 0 bridgehead atoms. The molecule has 1 N–H and O–H groups in total. The van der Waals surface area contributed by atoms with Crippen LogP contribution in [0.3, 0.4) is 0 Å². The van der Waals surface area contributed by atoms with Gasteiger partial charge in [-0.25, -0.2) is 0 Å². The van der Waals surface area contributed by atoms with Crippen LogP contribution >= 0.6 is 0 Å². The van der Waals surface area contributed by atoms with Gasteiger partial charge in [-0.1, -0.05) is 18.2 Å². The van der Waals surface area contributed by atoms with E-state index in [4.69, 9.17) is 14.2 Å². The molecule has 1 unspecified atom stereocenters. The van der Waals surface area contributed by atoms with E-state index >= 15 is 0 Å². The summed E-state index contributed by atoms with van der Waals surface area (Å²) in [6.45, 7) is 5.39. The van der Waals surface area contributed by atoms with Crippen LogP contribution in [-0.4, -0.2) is 23.6 Å². The molecule has 170 valence electrons. The maximum Gasteiger partial charge on any atom is 0.244 e. The summed E-state index contributed by atoms with van der Waals surface area (Å²) in [6, 6.07) is 15.4. The summed E-state index contributed by atoms with van der Waals surface area (Å²) >= 11 is 0. The maximum absolute atomic E-state index is 12.4. The molecule has 0 fully saturated rings. The molecule has 1 amide bonds. The fourth-order valence-electron chi connectivity index (χ4n) is 3.65. The van der Waals surface area contributed by atoms with Gasteiger partial charge in [-0.15, -0.1) is 0 Å². The van der Waals surface area contributed by atoms with Crippen LogP contribution in [0.25, 0.3) is 6.08 Å². The second-order valence-corrected chi connectivity index (χ2v) is 7.90. The van der Waals surface area contributed by atoms with E-state index in [1.807, 2.05) is 62.4 Å². The minimum Gasteiger partial charge on any atom is -0.494 e. The van der Waals surface area contributed by atoms with E-state index in [1.54, 1.807) is 18.5 Å².